The Hall–Kier alpha value is -2.67. The van der Waals surface area contributed by atoms with Gasteiger partial charge in [-0.2, -0.15) is 0 Å². The fourth-order valence-corrected chi connectivity index (χ4v) is 3.91. The molecule has 25 heavy (non-hydrogen) atoms. The first-order chi connectivity index (χ1) is 12.2. The quantitative estimate of drug-likeness (QED) is 0.756. The van der Waals surface area contributed by atoms with Crippen LogP contribution in [0.3, 0.4) is 0 Å². The van der Waals surface area contributed by atoms with Crippen molar-refractivity contribution in [3.05, 3.63) is 46.7 Å². The minimum Gasteiger partial charge on any atom is -0.330 e. The lowest BCUT2D eigenvalue weighted by atomic mass is 10.2. The molecule has 2 amide bonds. The van der Waals surface area contributed by atoms with E-state index in [0.29, 0.717) is 25.3 Å². The van der Waals surface area contributed by atoms with Crippen molar-refractivity contribution in [3.8, 4) is 0 Å². The number of aromatic amines is 1. The second-order valence-electron chi connectivity index (χ2n) is 6.09. The van der Waals surface area contributed by atoms with Crippen LogP contribution in [0.4, 0.5) is 5.95 Å². The van der Waals surface area contributed by atoms with E-state index in [9.17, 15) is 9.59 Å². The second-order valence-corrected chi connectivity index (χ2v) is 7.13. The molecule has 3 aromatic rings. The van der Waals surface area contributed by atoms with E-state index < -0.39 is 6.04 Å². The van der Waals surface area contributed by atoms with Gasteiger partial charge in [0.2, 0.25) is 17.8 Å². The van der Waals surface area contributed by atoms with Gasteiger partial charge in [-0.15, -0.1) is 11.3 Å². The summed E-state index contributed by atoms with van der Waals surface area (Å²) in [5.41, 5.74) is 1.67. The molecule has 1 fully saturated rings. The van der Waals surface area contributed by atoms with Gasteiger partial charge in [0.1, 0.15) is 6.04 Å². The predicted molar refractivity (Wildman–Crippen MR) is 97.5 cm³/mol. The summed E-state index contributed by atoms with van der Waals surface area (Å²) in [5.74, 6) is 0.240. The van der Waals surface area contributed by atoms with Crippen molar-refractivity contribution in [1.29, 1.82) is 0 Å². The Morgan fingerprint density at radius 1 is 1.28 bits per heavy atom. The minimum absolute atomic E-state index is 0.00436. The number of likely N-dealkylation sites (tertiary alicyclic amines) is 1. The van der Waals surface area contributed by atoms with Crippen molar-refractivity contribution in [2.45, 2.75) is 25.3 Å². The second kappa shape index (κ2) is 6.68. The molecule has 1 aliphatic rings. The normalized spacial score (nSPS) is 17.1. The Kier molecular flexibility index (Phi) is 4.23. The largest absolute Gasteiger partial charge is 0.330 e. The molecular weight excluding hydrogens is 336 g/mol. The van der Waals surface area contributed by atoms with Crippen LogP contribution in [0.15, 0.2) is 41.8 Å². The molecular formula is C18H18N4O2S. The zero-order chi connectivity index (χ0) is 17.2. The van der Waals surface area contributed by atoms with E-state index >= 15 is 0 Å². The van der Waals surface area contributed by atoms with Crippen LogP contribution in [-0.4, -0.2) is 39.3 Å². The fourth-order valence-electron chi connectivity index (χ4n) is 3.21. The van der Waals surface area contributed by atoms with Crippen molar-refractivity contribution in [2.75, 3.05) is 11.9 Å². The maximum atomic E-state index is 12.6. The van der Waals surface area contributed by atoms with Crippen LogP contribution in [0.2, 0.25) is 0 Å². The molecule has 0 spiro atoms. The van der Waals surface area contributed by atoms with Crippen LogP contribution in [0.5, 0.6) is 0 Å². The summed E-state index contributed by atoms with van der Waals surface area (Å²) in [6, 6.07) is 11.1. The predicted octanol–water partition coefficient (Wildman–Crippen LogP) is 2.80. The number of thiophene rings is 1. The lowest BCUT2D eigenvalue weighted by molar-refractivity contribution is -0.136. The van der Waals surface area contributed by atoms with Crippen molar-refractivity contribution in [2.24, 2.45) is 0 Å². The van der Waals surface area contributed by atoms with Gasteiger partial charge < -0.3 is 9.88 Å². The molecule has 3 heterocycles. The van der Waals surface area contributed by atoms with Gasteiger partial charge in [0.25, 0.3) is 0 Å². The van der Waals surface area contributed by atoms with Gasteiger partial charge in [-0.1, -0.05) is 18.2 Å². The smallest absolute Gasteiger partial charge is 0.249 e. The number of nitrogens with one attached hydrogen (secondary N) is 2. The summed E-state index contributed by atoms with van der Waals surface area (Å²) in [7, 11) is 0. The summed E-state index contributed by atoms with van der Waals surface area (Å²) in [6.07, 6.45) is 1.88. The van der Waals surface area contributed by atoms with Crippen molar-refractivity contribution in [1.82, 2.24) is 14.9 Å². The maximum Gasteiger partial charge on any atom is 0.249 e. The van der Waals surface area contributed by atoms with E-state index in [-0.39, 0.29) is 11.8 Å². The molecule has 1 aliphatic heterocycles. The monoisotopic (exact) mass is 354 g/mol. The highest BCUT2D eigenvalue weighted by molar-refractivity contribution is 7.10. The molecule has 1 unspecified atom stereocenters. The summed E-state index contributed by atoms with van der Waals surface area (Å²) in [6.45, 7) is 0.627. The molecule has 4 rings (SSSR count). The number of nitrogens with zero attached hydrogens (tertiary/aromatic N) is 2. The number of H-pyrrole nitrogens is 1. The highest BCUT2D eigenvalue weighted by atomic mass is 32.1. The summed E-state index contributed by atoms with van der Waals surface area (Å²) in [4.78, 5) is 35.4. The minimum atomic E-state index is -0.430. The standard InChI is InChI=1S/C18H18N4O2S/c23-16(11-12-5-4-10-25-12)22-9-3-8-15(22)17(24)21-18-19-13-6-1-2-7-14(13)20-18/h1-2,4-7,10,15H,3,8-9,11H2,(H2,19,20,21,24). The van der Waals surface area contributed by atoms with Crippen LogP contribution in [0, 0.1) is 0 Å². The molecule has 1 saturated heterocycles. The number of imidazole rings is 1. The molecule has 0 bridgehead atoms. The van der Waals surface area contributed by atoms with E-state index in [1.807, 2.05) is 41.8 Å². The van der Waals surface area contributed by atoms with E-state index in [4.69, 9.17) is 0 Å². The average Bonchev–Trinajstić information content (AvgIpc) is 3.34. The molecule has 0 aliphatic carbocycles. The number of aromatic nitrogens is 2. The summed E-state index contributed by atoms with van der Waals surface area (Å²) in [5, 5.41) is 4.78. The van der Waals surface area contributed by atoms with Gasteiger partial charge in [0.15, 0.2) is 0 Å². The number of hydrogen-bond donors (Lipinski definition) is 2. The molecule has 0 radical (unpaired) electrons. The SMILES string of the molecule is O=C(Nc1nc2ccccc2[nH]1)C1CCCN1C(=O)Cc1cccs1. The summed E-state index contributed by atoms with van der Waals surface area (Å²) < 4.78 is 0. The summed E-state index contributed by atoms with van der Waals surface area (Å²) >= 11 is 1.56. The third-order valence-corrected chi connectivity index (χ3v) is 5.29. The Bertz CT molecular complexity index is 870. The van der Waals surface area contributed by atoms with Gasteiger partial charge in [0, 0.05) is 11.4 Å². The number of hydrogen-bond acceptors (Lipinski definition) is 4. The van der Waals surface area contributed by atoms with Crippen LogP contribution in [-0.2, 0) is 16.0 Å². The van der Waals surface area contributed by atoms with Crippen LogP contribution in [0.1, 0.15) is 17.7 Å². The number of benzene rings is 1. The molecule has 6 nitrogen and oxygen atoms in total. The first-order valence-electron chi connectivity index (χ1n) is 8.28. The number of carbonyl (C=O) groups excluding carboxylic acids is 2. The molecule has 0 saturated carbocycles. The molecule has 2 aromatic heterocycles. The highest BCUT2D eigenvalue weighted by Crippen LogP contribution is 2.22. The maximum absolute atomic E-state index is 12.6. The van der Waals surface area contributed by atoms with Gasteiger partial charge >= 0.3 is 0 Å². The van der Waals surface area contributed by atoms with Crippen LogP contribution >= 0.6 is 11.3 Å². The molecule has 7 heteroatoms. The molecule has 2 N–H and O–H groups in total. The lowest BCUT2D eigenvalue weighted by Gasteiger charge is -2.23. The van der Waals surface area contributed by atoms with Gasteiger partial charge in [-0.3, -0.25) is 14.9 Å². The Morgan fingerprint density at radius 3 is 2.96 bits per heavy atom. The number of para-hydroxylation sites is 2. The molecule has 128 valence electrons. The van der Waals surface area contributed by atoms with Crippen LogP contribution in [0.25, 0.3) is 11.0 Å². The van der Waals surface area contributed by atoms with E-state index in [0.717, 1.165) is 22.3 Å². The first kappa shape index (κ1) is 15.8. The Labute approximate surface area is 148 Å². The number of carbonyl (C=O) groups is 2. The van der Waals surface area contributed by atoms with Gasteiger partial charge in [0.05, 0.1) is 17.5 Å². The third kappa shape index (κ3) is 3.28. The van der Waals surface area contributed by atoms with E-state index in [1.165, 1.54) is 0 Å². The average molecular weight is 354 g/mol. The van der Waals surface area contributed by atoms with E-state index in [1.54, 1.807) is 16.2 Å². The molecule has 1 aromatic carbocycles. The van der Waals surface area contributed by atoms with Gasteiger partial charge in [-0.25, -0.2) is 4.98 Å². The number of amides is 2. The Balaban J connectivity index is 1.45. The highest BCUT2D eigenvalue weighted by Gasteiger charge is 2.34. The first-order valence-corrected chi connectivity index (χ1v) is 9.16. The zero-order valence-corrected chi connectivity index (χ0v) is 14.4. The van der Waals surface area contributed by atoms with Crippen molar-refractivity contribution >= 4 is 40.1 Å². The number of rotatable bonds is 4. The number of anilines is 1. The third-order valence-electron chi connectivity index (χ3n) is 4.41. The topological polar surface area (TPSA) is 78.1 Å². The number of fused-ring (bicyclic) bond motifs is 1. The van der Waals surface area contributed by atoms with Crippen molar-refractivity contribution < 1.29 is 9.59 Å². The van der Waals surface area contributed by atoms with Gasteiger partial charge in [-0.05, 0) is 36.4 Å². The lowest BCUT2D eigenvalue weighted by Crippen LogP contribution is -2.43. The Morgan fingerprint density at radius 2 is 2.16 bits per heavy atom. The van der Waals surface area contributed by atoms with E-state index in [2.05, 4.69) is 15.3 Å². The van der Waals surface area contributed by atoms with Crippen LogP contribution < -0.4 is 5.32 Å². The zero-order valence-electron chi connectivity index (χ0n) is 13.6. The molecule has 1 atom stereocenters. The fraction of sp³-hybridized carbons (Fsp3) is 0.278. The van der Waals surface area contributed by atoms with Crippen molar-refractivity contribution in [3.63, 3.8) is 0 Å².